The Morgan fingerprint density at radius 1 is 1.40 bits per heavy atom. The average Bonchev–Trinajstić information content (AvgIpc) is 3.26. The fourth-order valence-corrected chi connectivity index (χ4v) is 4.52. The summed E-state index contributed by atoms with van der Waals surface area (Å²) in [6.07, 6.45) is 2.21. The number of esters is 1. The number of aromatic nitrogens is 3. The van der Waals surface area contributed by atoms with E-state index < -0.39 is 11.8 Å². The van der Waals surface area contributed by atoms with Gasteiger partial charge in [0.1, 0.15) is 17.1 Å². The zero-order chi connectivity index (χ0) is 21.8. The number of nitrogens with zero attached hydrogens (tertiary/aromatic N) is 3. The van der Waals surface area contributed by atoms with Crippen molar-refractivity contribution >= 4 is 57.2 Å². The summed E-state index contributed by atoms with van der Waals surface area (Å²) in [5, 5.41) is 11.4. The number of aryl methyl sites for hydroxylation is 1. The van der Waals surface area contributed by atoms with Crippen LogP contribution in [0.2, 0.25) is 5.02 Å². The highest BCUT2D eigenvalue weighted by Crippen LogP contribution is 2.34. The van der Waals surface area contributed by atoms with Gasteiger partial charge in [-0.05, 0) is 48.8 Å². The molecule has 0 radical (unpaired) electrons. The van der Waals surface area contributed by atoms with Gasteiger partial charge < -0.3 is 10.1 Å². The van der Waals surface area contributed by atoms with Crippen LogP contribution in [0.4, 0.5) is 15.3 Å². The summed E-state index contributed by atoms with van der Waals surface area (Å²) in [6.45, 7) is 4.25. The molecule has 0 unspecified atom stereocenters. The summed E-state index contributed by atoms with van der Waals surface area (Å²) in [6, 6.07) is 4.18. The van der Waals surface area contributed by atoms with E-state index in [1.165, 1.54) is 36.9 Å². The number of rotatable bonds is 6. The minimum absolute atomic E-state index is 0.238. The quantitative estimate of drug-likeness (QED) is 0.403. The van der Waals surface area contributed by atoms with E-state index in [-0.39, 0.29) is 11.1 Å². The Hall–Kier alpha value is -2.56. The van der Waals surface area contributed by atoms with Crippen LogP contribution in [0.5, 0.6) is 0 Å². The van der Waals surface area contributed by atoms with E-state index in [0.29, 0.717) is 34.1 Å². The van der Waals surface area contributed by atoms with Crippen molar-refractivity contribution in [1.82, 2.24) is 14.8 Å². The van der Waals surface area contributed by atoms with Crippen molar-refractivity contribution < 1.29 is 13.9 Å². The molecular weight excluding hydrogens is 449 g/mol. The molecule has 11 heteroatoms. The topological polar surface area (TPSA) is 81.1 Å². The van der Waals surface area contributed by atoms with Crippen LogP contribution in [0.25, 0.3) is 0 Å². The summed E-state index contributed by atoms with van der Waals surface area (Å²) >= 11 is 12.8. The maximum Gasteiger partial charge on any atom is 0.341 e. The highest BCUT2D eigenvalue weighted by Gasteiger charge is 2.22. The second-order valence-electron chi connectivity index (χ2n) is 6.27. The van der Waals surface area contributed by atoms with E-state index in [2.05, 4.69) is 20.7 Å². The van der Waals surface area contributed by atoms with Crippen molar-refractivity contribution in [1.29, 1.82) is 0 Å². The molecule has 7 nitrogen and oxygen atoms in total. The Morgan fingerprint density at radius 2 is 2.17 bits per heavy atom. The lowest BCUT2D eigenvalue weighted by molar-refractivity contribution is 0.0601. The summed E-state index contributed by atoms with van der Waals surface area (Å²) in [5.74, 6) is -0.545. The molecule has 1 aromatic carbocycles. The van der Waals surface area contributed by atoms with E-state index in [4.69, 9.17) is 28.6 Å². The van der Waals surface area contributed by atoms with Crippen LogP contribution in [-0.2, 0) is 17.7 Å². The van der Waals surface area contributed by atoms with Crippen molar-refractivity contribution in [3.8, 4) is 0 Å². The summed E-state index contributed by atoms with van der Waals surface area (Å²) < 4.78 is 19.6. The van der Waals surface area contributed by atoms with Gasteiger partial charge in [-0.2, -0.15) is 0 Å². The number of hydrogen-bond donors (Lipinski definition) is 2. The molecule has 0 aliphatic carbocycles. The molecule has 0 spiro atoms. The largest absolute Gasteiger partial charge is 0.465 e. The number of nitrogens with one attached hydrogen (secondary N) is 2. The lowest BCUT2D eigenvalue weighted by Gasteiger charge is -2.09. The molecule has 0 atom stereocenters. The van der Waals surface area contributed by atoms with E-state index in [9.17, 15) is 9.18 Å². The average molecular weight is 468 g/mol. The monoisotopic (exact) mass is 467 g/mol. The van der Waals surface area contributed by atoms with Gasteiger partial charge in [0, 0.05) is 9.90 Å². The molecular formula is C19H19ClFN5O2S2. The van der Waals surface area contributed by atoms with Crippen LogP contribution in [0.1, 0.15) is 33.3 Å². The first-order chi connectivity index (χ1) is 14.3. The number of anilines is 2. The molecule has 0 aliphatic rings. The molecule has 158 valence electrons. The second kappa shape index (κ2) is 9.50. The molecule has 30 heavy (non-hydrogen) atoms. The number of thiophene rings is 1. The smallest absolute Gasteiger partial charge is 0.341 e. The first-order valence-corrected chi connectivity index (χ1v) is 10.5. The predicted octanol–water partition coefficient (Wildman–Crippen LogP) is 4.65. The number of benzene rings is 1. The van der Waals surface area contributed by atoms with Crippen LogP contribution < -0.4 is 10.6 Å². The van der Waals surface area contributed by atoms with Gasteiger partial charge in [-0.25, -0.2) is 18.9 Å². The zero-order valence-corrected chi connectivity index (χ0v) is 18.8. The van der Waals surface area contributed by atoms with Gasteiger partial charge in [0.2, 0.25) is 5.95 Å². The number of ether oxygens (including phenoxy) is 1. The molecule has 3 rings (SSSR count). The van der Waals surface area contributed by atoms with E-state index in [1.807, 2.05) is 13.8 Å². The normalized spacial score (nSPS) is 10.7. The minimum atomic E-state index is -0.417. The van der Waals surface area contributed by atoms with E-state index >= 15 is 0 Å². The molecule has 2 N–H and O–H groups in total. The molecule has 2 aromatic heterocycles. The lowest BCUT2D eigenvalue weighted by atomic mass is 10.1. The van der Waals surface area contributed by atoms with E-state index in [1.54, 1.807) is 10.7 Å². The highest BCUT2D eigenvalue weighted by molar-refractivity contribution is 7.80. The van der Waals surface area contributed by atoms with Gasteiger partial charge in [-0.1, -0.05) is 24.6 Å². The fraction of sp³-hybridized carbons (Fsp3) is 0.263. The number of carbonyl (C=O) groups is 1. The molecule has 0 saturated carbocycles. The lowest BCUT2D eigenvalue weighted by Crippen LogP contribution is -2.21. The Bertz CT molecular complexity index is 1100. The molecule has 0 bridgehead atoms. The van der Waals surface area contributed by atoms with Crippen molar-refractivity contribution in [2.75, 3.05) is 17.7 Å². The van der Waals surface area contributed by atoms with Gasteiger partial charge in [0.25, 0.3) is 0 Å². The Balaban J connectivity index is 1.70. The van der Waals surface area contributed by atoms with Gasteiger partial charge in [-0.15, -0.1) is 16.4 Å². The Kier molecular flexibility index (Phi) is 7.01. The van der Waals surface area contributed by atoms with Gasteiger partial charge in [-0.3, -0.25) is 5.32 Å². The molecule has 0 aliphatic heterocycles. The van der Waals surface area contributed by atoms with Crippen molar-refractivity contribution in [3.63, 3.8) is 0 Å². The second-order valence-corrected chi connectivity index (χ2v) is 8.31. The fourth-order valence-electron chi connectivity index (χ4n) is 2.90. The minimum Gasteiger partial charge on any atom is -0.465 e. The summed E-state index contributed by atoms with van der Waals surface area (Å²) in [5.41, 5.74) is 2.12. The van der Waals surface area contributed by atoms with Crippen LogP contribution in [0, 0.1) is 12.7 Å². The first kappa shape index (κ1) is 22.1. The standard InChI is InChI=1S/C19H19ClFN5O2S2/c1-4-13-10(2)30-16(15(13)17(27)28-3)23-19(29)24-18-22-9-26(25-18)8-11-5-6-12(21)7-14(11)20/h5-7,9H,4,8H2,1-3H3,(H2,23,24,25,29). The number of methoxy groups -OCH3 is 1. The number of halogens is 2. The predicted molar refractivity (Wildman–Crippen MR) is 120 cm³/mol. The van der Waals surface area contributed by atoms with Crippen molar-refractivity contribution in [2.24, 2.45) is 0 Å². The Morgan fingerprint density at radius 3 is 2.83 bits per heavy atom. The van der Waals surface area contributed by atoms with Gasteiger partial charge >= 0.3 is 5.97 Å². The van der Waals surface area contributed by atoms with Crippen molar-refractivity contribution in [3.05, 3.63) is 56.9 Å². The van der Waals surface area contributed by atoms with E-state index in [0.717, 1.165) is 10.4 Å². The summed E-state index contributed by atoms with van der Waals surface area (Å²) in [4.78, 5) is 17.4. The number of carbonyl (C=O) groups excluding carboxylic acids is 1. The number of hydrogen-bond acceptors (Lipinski definition) is 6. The highest BCUT2D eigenvalue weighted by atomic mass is 35.5. The molecule has 0 amide bonds. The Labute approximate surface area is 187 Å². The van der Waals surface area contributed by atoms with Crippen LogP contribution in [0.15, 0.2) is 24.5 Å². The number of thiocarbonyl (C=S) groups is 1. The maximum absolute atomic E-state index is 13.2. The van der Waals surface area contributed by atoms with Gasteiger partial charge in [0.15, 0.2) is 5.11 Å². The summed E-state index contributed by atoms with van der Waals surface area (Å²) in [7, 11) is 1.35. The maximum atomic E-state index is 13.2. The zero-order valence-electron chi connectivity index (χ0n) is 16.5. The third kappa shape index (κ3) is 4.94. The van der Waals surface area contributed by atoms with Crippen molar-refractivity contribution in [2.45, 2.75) is 26.8 Å². The first-order valence-electron chi connectivity index (χ1n) is 8.94. The molecule has 2 heterocycles. The SMILES string of the molecule is CCc1c(C)sc(NC(=S)Nc2ncn(Cc3ccc(F)cc3Cl)n2)c1C(=O)OC. The molecule has 0 saturated heterocycles. The molecule has 3 aromatic rings. The van der Waals surface area contributed by atoms with Crippen LogP contribution in [0.3, 0.4) is 0 Å². The molecule has 0 fully saturated rings. The third-order valence-corrected chi connectivity index (χ3v) is 5.91. The van der Waals surface area contributed by atoms with Crippen LogP contribution >= 0.6 is 35.2 Å². The van der Waals surface area contributed by atoms with Gasteiger partial charge in [0.05, 0.1) is 19.2 Å². The third-order valence-electron chi connectivity index (χ3n) is 4.29. The van der Waals surface area contributed by atoms with Crippen LogP contribution in [-0.4, -0.2) is 33.0 Å².